The smallest absolute Gasteiger partial charge is 0.231 e. The zero-order chi connectivity index (χ0) is 15.6. The summed E-state index contributed by atoms with van der Waals surface area (Å²) < 4.78 is 5.78. The third kappa shape index (κ3) is 3.59. The van der Waals surface area contributed by atoms with Crippen LogP contribution in [-0.2, 0) is 16.1 Å². The van der Waals surface area contributed by atoms with Crippen LogP contribution >= 0.6 is 11.3 Å². The van der Waals surface area contributed by atoms with Gasteiger partial charge in [-0.05, 0) is 45.2 Å². The van der Waals surface area contributed by atoms with Gasteiger partial charge in [0.2, 0.25) is 5.91 Å². The molecule has 5 nitrogen and oxygen atoms in total. The van der Waals surface area contributed by atoms with Crippen molar-refractivity contribution in [2.75, 3.05) is 18.4 Å². The normalized spacial score (nSPS) is 31.2. The van der Waals surface area contributed by atoms with Gasteiger partial charge in [0.1, 0.15) is 0 Å². The first-order valence-electron chi connectivity index (χ1n) is 8.91. The largest absolute Gasteiger partial charge is 0.374 e. The lowest BCUT2D eigenvalue weighted by molar-refractivity contribution is -0.121. The molecule has 3 atom stereocenters. The Bertz CT molecular complexity index is 554. The average molecular weight is 335 g/mol. The molecule has 1 aromatic heterocycles. The van der Waals surface area contributed by atoms with Crippen LogP contribution in [0, 0.1) is 5.92 Å². The van der Waals surface area contributed by atoms with Crippen molar-refractivity contribution in [2.45, 2.75) is 63.7 Å². The molecule has 0 radical (unpaired) electrons. The minimum atomic E-state index is 0.0201. The third-order valence-electron chi connectivity index (χ3n) is 5.31. The number of likely N-dealkylation sites (tertiary alicyclic amines) is 1. The summed E-state index contributed by atoms with van der Waals surface area (Å²) in [5.74, 6) is 0.111. The maximum atomic E-state index is 12.4. The van der Waals surface area contributed by atoms with E-state index in [9.17, 15) is 4.79 Å². The van der Waals surface area contributed by atoms with Gasteiger partial charge >= 0.3 is 0 Å². The van der Waals surface area contributed by atoms with Gasteiger partial charge in [-0.1, -0.05) is 12.8 Å². The summed E-state index contributed by atoms with van der Waals surface area (Å²) in [6.45, 7) is 3.24. The Hall–Kier alpha value is -0.980. The van der Waals surface area contributed by atoms with Crippen LogP contribution in [0.25, 0.3) is 0 Å². The lowest BCUT2D eigenvalue weighted by Crippen LogP contribution is -2.30. The Morgan fingerprint density at radius 1 is 1.30 bits per heavy atom. The summed E-state index contributed by atoms with van der Waals surface area (Å²) >= 11 is 1.54. The topological polar surface area (TPSA) is 54.5 Å². The SMILES string of the molecule is O=C(Nc1nc(CN2CCCCCC2)cs1)[C@H]1C[C@H]2CC[C@H]1O2. The highest BCUT2D eigenvalue weighted by atomic mass is 32.1. The van der Waals surface area contributed by atoms with Gasteiger partial charge in [0.15, 0.2) is 5.13 Å². The lowest BCUT2D eigenvalue weighted by atomic mass is 9.89. The monoisotopic (exact) mass is 335 g/mol. The van der Waals surface area contributed by atoms with Gasteiger partial charge in [0, 0.05) is 11.9 Å². The minimum absolute atomic E-state index is 0.0201. The fraction of sp³-hybridized carbons (Fsp3) is 0.765. The molecule has 1 N–H and O–H groups in total. The quantitative estimate of drug-likeness (QED) is 0.919. The molecule has 4 rings (SSSR count). The van der Waals surface area contributed by atoms with E-state index < -0.39 is 0 Å². The Labute approximate surface area is 141 Å². The highest BCUT2D eigenvalue weighted by Gasteiger charge is 2.44. The molecule has 3 saturated heterocycles. The summed E-state index contributed by atoms with van der Waals surface area (Å²) in [5, 5.41) is 5.83. The van der Waals surface area contributed by atoms with Crippen molar-refractivity contribution in [1.29, 1.82) is 0 Å². The molecule has 23 heavy (non-hydrogen) atoms. The van der Waals surface area contributed by atoms with Crippen LogP contribution in [0.1, 0.15) is 50.6 Å². The van der Waals surface area contributed by atoms with Crippen LogP contribution in [-0.4, -0.2) is 41.1 Å². The predicted molar refractivity (Wildman–Crippen MR) is 90.5 cm³/mol. The Kier molecular flexibility index (Phi) is 4.64. The van der Waals surface area contributed by atoms with Gasteiger partial charge in [-0.15, -0.1) is 11.3 Å². The molecule has 0 spiro atoms. The fourth-order valence-electron chi connectivity index (χ4n) is 4.07. The minimum Gasteiger partial charge on any atom is -0.374 e. The average Bonchev–Trinajstić information content (AvgIpc) is 3.23. The number of thiazole rings is 1. The Morgan fingerprint density at radius 3 is 2.83 bits per heavy atom. The van der Waals surface area contributed by atoms with E-state index in [0.29, 0.717) is 6.10 Å². The number of amides is 1. The zero-order valence-electron chi connectivity index (χ0n) is 13.5. The molecule has 0 unspecified atom stereocenters. The number of nitrogens with zero attached hydrogens (tertiary/aromatic N) is 2. The number of hydrogen-bond donors (Lipinski definition) is 1. The van der Waals surface area contributed by atoms with Crippen LogP contribution in [0.15, 0.2) is 5.38 Å². The zero-order valence-corrected chi connectivity index (χ0v) is 14.3. The molecule has 1 aromatic rings. The second-order valence-corrected chi connectivity index (χ2v) is 7.90. The molecule has 126 valence electrons. The first-order chi connectivity index (χ1) is 11.3. The number of anilines is 1. The van der Waals surface area contributed by atoms with Crippen molar-refractivity contribution in [3.05, 3.63) is 11.1 Å². The van der Waals surface area contributed by atoms with Gasteiger partial charge in [0.25, 0.3) is 0 Å². The van der Waals surface area contributed by atoms with Crippen molar-refractivity contribution in [3.63, 3.8) is 0 Å². The Morgan fingerprint density at radius 2 is 2.13 bits per heavy atom. The number of carbonyl (C=O) groups excluding carboxylic acids is 1. The van der Waals surface area contributed by atoms with E-state index in [4.69, 9.17) is 4.74 Å². The van der Waals surface area contributed by atoms with Crippen LogP contribution in [0.2, 0.25) is 0 Å². The number of hydrogen-bond acceptors (Lipinski definition) is 5. The van der Waals surface area contributed by atoms with Crippen molar-refractivity contribution in [3.8, 4) is 0 Å². The first kappa shape index (κ1) is 15.5. The summed E-state index contributed by atoms with van der Waals surface area (Å²) in [6.07, 6.45) is 8.74. The molecule has 4 heterocycles. The number of aromatic nitrogens is 1. The highest BCUT2D eigenvalue weighted by Crippen LogP contribution is 2.39. The van der Waals surface area contributed by atoms with Crippen LogP contribution < -0.4 is 5.32 Å². The maximum absolute atomic E-state index is 12.4. The summed E-state index contributed by atoms with van der Waals surface area (Å²) in [4.78, 5) is 19.5. The summed E-state index contributed by atoms with van der Waals surface area (Å²) in [6, 6.07) is 0. The number of rotatable bonds is 4. The number of fused-ring (bicyclic) bond motifs is 2. The molecule has 3 fully saturated rings. The Balaban J connectivity index is 1.32. The van der Waals surface area contributed by atoms with E-state index in [0.717, 1.165) is 36.6 Å². The van der Waals surface area contributed by atoms with Gasteiger partial charge in [0.05, 0.1) is 23.8 Å². The van der Waals surface area contributed by atoms with E-state index >= 15 is 0 Å². The lowest BCUT2D eigenvalue weighted by Gasteiger charge is -2.18. The highest BCUT2D eigenvalue weighted by molar-refractivity contribution is 7.13. The van der Waals surface area contributed by atoms with E-state index in [1.807, 2.05) is 0 Å². The van der Waals surface area contributed by atoms with Crippen LogP contribution in [0.4, 0.5) is 5.13 Å². The number of nitrogens with one attached hydrogen (secondary N) is 1. The van der Waals surface area contributed by atoms with Gasteiger partial charge in [-0.3, -0.25) is 9.69 Å². The van der Waals surface area contributed by atoms with Crippen LogP contribution in [0.3, 0.4) is 0 Å². The van der Waals surface area contributed by atoms with Gasteiger partial charge < -0.3 is 10.1 Å². The van der Waals surface area contributed by atoms with Crippen LogP contribution in [0.5, 0.6) is 0 Å². The van der Waals surface area contributed by atoms with Gasteiger partial charge in [-0.2, -0.15) is 0 Å². The molecular weight excluding hydrogens is 310 g/mol. The molecule has 3 aliphatic rings. The van der Waals surface area contributed by atoms with E-state index in [-0.39, 0.29) is 17.9 Å². The molecule has 6 heteroatoms. The second-order valence-electron chi connectivity index (χ2n) is 7.04. The van der Waals surface area contributed by atoms with Crippen molar-refractivity contribution >= 4 is 22.4 Å². The van der Waals surface area contributed by atoms with Gasteiger partial charge in [-0.25, -0.2) is 4.98 Å². The number of carbonyl (C=O) groups is 1. The molecule has 3 aliphatic heterocycles. The van der Waals surface area contributed by atoms with E-state index in [2.05, 4.69) is 20.6 Å². The molecule has 2 bridgehead atoms. The summed E-state index contributed by atoms with van der Waals surface area (Å²) in [5.41, 5.74) is 1.08. The molecular formula is C17H25N3O2S. The molecule has 0 saturated carbocycles. The van der Waals surface area contributed by atoms with E-state index in [1.54, 1.807) is 0 Å². The van der Waals surface area contributed by atoms with Crippen molar-refractivity contribution in [1.82, 2.24) is 9.88 Å². The predicted octanol–water partition coefficient (Wildman–Crippen LogP) is 3.03. The fourth-order valence-corrected chi connectivity index (χ4v) is 4.78. The third-order valence-corrected chi connectivity index (χ3v) is 6.12. The molecule has 1 amide bonds. The standard InChI is InChI=1S/C17H25N3O2S/c21-16(14-9-13-5-6-15(14)22-13)19-17-18-12(11-23-17)10-20-7-3-1-2-4-8-20/h11,13-15H,1-10H2,(H,18,19,21)/t13-,14+,15-/m1/s1. The maximum Gasteiger partial charge on any atom is 0.231 e. The summed E-state index contributed by atoms with van der Waals surface area (Å²) in [7, 11) is 0. The van der Waals surface area contributed by atoms with Crippen molar-refractivity contribution in [2.24, 2.45) is 5.92 Å². The molecule has 0 aliphatic carbocycles. The van der Waals surface area contributed by atoms with Crippen molar-refractivity contribution < 1.29 is 9.53 Å². The second kappa shape index (κ2) is 6.87. The number of ether oxygens (including phenoxy) is 1. The molecule has 0 aromatic carbocycles. The first-order valence-corrected chi connectivity index (χ1v) is 9.79. The van der Waals surface area contributed by atoms with E-state index in [1.165, 1.54) is 50.1 Å².